The fraction of sp³-hybridized carbons (Fsp3) is 0.465. The molecule has 0 fully saturated rings. The molecular formula is C86H116N8O9S3. The predicted octanol–water partition coefficient (Wildman–Crippen LogP) is 21.8. The Labute approximate surface area is 644 Å². The number of aryl methyl sites for hydroxylation is 2. The molecule has 0 saturated carbocycles. The van der Waals surface area contributed by atoms with Crippen molar-refractivity contribution in [2.24, 2.45) is 54.1 Å². The van der Waals surface area contributed by atoms with Gasteiger partial charge in [-0.2, -0.15) is 0 Å². The van der Waals surface area contributed by atoms with Crippen molar-refractivity contribution in [1.82, 2.24) is 0 Å². The van der Waals surface area contributed by atoms with Crippen LogP contribution >= 0.6 is 34.0 Å². The number of unbranched alkanes of at least 4 members (excludes halogenated alkanes) is 2. The average molecular weight is 1500 g/mol. The van der Waals surface area contributed by atoms with Gasteiger partial charge < -0.3 is 43.4 Å². The van der Waals surface area contributed by atoms with Crippen molar-refractivity contribution in [2.75, 3.05) is 75.0 Å². The number of furan rings is 1. The minimum atomic E-state index is -0.419. The van der Waals surface area contributed by atoms with Crippen LogP contribution < -0.4 is 19.6 Å². The van der Waals surface area contributed by atoms with Gasteiger partial charge in [0.25, 0.3) is 0 Å². The van der Waals surface area contributed by atoms with Crippen molar-refractivity contribution in [1.29, 1.82) is 0 Å². The number of rotatable bonds is 25. The number of carbonyl (C=O) groups is 4. The van der Waals surface area contributed by atoms with Gasteiger partial charge in [-0.05, 0) is 146 Å². The molecule has 4 aliphatic rings. The molecule has 0 aliphatic carbocycles. The molecule has 4 aromatic heterocycles. The van der Waals surface area contributed by atoms with Gasteiger partial charge in [0, 0.05) is 108 Å². The Morgan fingerprint density at radius 2 is 0.858 bits per heavy atom. The summed E-state index contributed by atoms with van der Waals surface area (Å²) in [7, 11) is 12.0. The standard InChI is InChI=1S/C34H54N2O2.C18H20N2O2S2.C18H22N2O2S.C16H20N2O3/c1-10-14-17-27(12-3)23-36(24-28(13-4)18-15-11-2)29-21-25(5)30(26(6)22-29)19-16-20-31-32(34(7,8)9)35-38-33(31)37;1-18(2,3)16-12(17(21)22-19-16)10-11-6-7-13(23-11)14-8-9-15(24-14)20(4)5;1-18(2,3)16-14(17(21)22-19-16)10-8-6-7-9-13-11-12-15(23-13)20(4)5;1-16(2,3)14-12(15(19)21-17-14)8-6-7-11-9-10-13(20-11)18(4)5/h16,19-22,27-28H,10-15,17-18,23-24H2,1-9H3;6-10H,1-5H3;6-12H,1-5H3;6-10H,1-5H3/b;;8-6+,9-7+,14-10-;7-6+,12-8-. The first-order valence-electron chi connectivity index (χ1n) is 36.9. The summed E-state index contributed by atoms with van der Waals surface area (Å²) in [4.78, 5) is 80.4. The Morgan fingerprint density at radius 1 is 0.443 bits per heavy atom. The third-order valence-electron chi connectivity index (χ3n) is 17.7. The number of anilines is 4. The second-order valence-corrected chi connectivity index (χ2v) is 34.9. The van der Waals surface area contributed by atoms with E-state index in [1.54, 1.807) is 58.3 Å². The summed E-state index contributed by atoms with van der Waals surface area (Å²) < 4.78 is 5.59. The average Bonchev–Trinajstić information content (AvgIpc) is 1.66. The molecule has 0 saturated heterocycles. The summed E-state index contributed by atoms with van der Waals surface area (Å²) >= 11 is 5.15. The first-order valence-corrected chi connectivity index (χ1v) is 39.4. The van der Waals surface area contributed by atoms with Crippen LogP contribution in [0.5, 0.6) is 0 Å². The molecule has 1 aromatic carbocycles. The van der Waals surface area contributed by atoms with E-state index in [1.807, 2.05) is 191 Å². The van der Waals surface area contributed by atoms with Crippen molar-refractivity contribution < 1.29 is 42.9 Å². The number of hydrogen-bond donors (Lipinski definition) is 0. The van der Waals surface area contributed by atoms with E-state index in [9.17, 15) is 19.2 Å². The van der Waals surface area contributed by atoms with Crippen molar-refractivity contribution in [3.05, 3.63) is 164 Å². The maximum Gasteiger partial charge on any atom is 0.367 e. The molecule has 2 atom stereocenters. The maximum atomic E-state index is 12.2. The highest BCUT2D eigenvalue weighted by Crippen LogP contribution is 2.39. The number of allylic oxidation sites excluding steroid dienone is 8. The number of hydrogen-bond acceptors (Lipinski definition) is 20. The molecule has 17 nitrogen and oxygen atoms in total. The zero-order valence-corrected chi connectivity index (χ0v) is 69.9. The van der Waals surface area contributed by atoms with E-state index in [-0.39, 0.29) is 33.6 Å². The Bertz CT molecular complexity index is 4190. The van der Waals surface area contributed by atoms with Gasteiger partial charge in [0.15, 0.2) is 5.88 Å². The Hall–Kier alpha value is -8.72. The molecular weight excluding hydrogens is 1390 g/mol. The summed E-state index contributed by atoms with van der Waals surface area (Å²) in [5, 5.41) is 18.1. The highest BCUT2D eigenvalue weighted by molar-refractivity contribution is 7.24. The zero-order valence-electron chi connectivity index (χ0n) is 67.4. The predicted molar refractivity (Wildman–Crippen MR) is 449 cm³/mol. The van der Waals surface area contributed by atoms with Crippen LogP contribution in [0.15, 0.2) is 157 Å². The Kier molecular flexibility index (Phi) is 31.9. The number of thiophene rings is 3. The third-order valence-corrected chi connectivity index (χ3v) is 21.4. The maximum absolute atomic E-state index is 12.2. The lowest BCUT2D eigenvalue weighted by atomic mass is 9.85. The summed E-state index contributed by atoms with van der Waals surface area (Å²) in [6.07, 6.45) is 32.8. The van der Waals surface area contributed by atoms with Gasteiger partial charge in [-0.3, -0.25) is 0 Å². The molecule has 0 amide bonds. The number of nitrogens with zero attached hydrogens (tertiary/aromatic N) is 8. The van der Waals surface area contributed by atoms with Gasteiger partial charge >= 0.3 is 23.9 Å². The molecule has 5 aromatic rings. The quantitative estimate of drug-likeness (QED) is 0.0306. The van der Waals surface area contributed by atoms with E-state index < -0.39 is 11.9 Å². The lowest BCUT2D eigenvalue weighted by molar-refractivity contribution is -0.137. The molecule has 106 heavy (non-hydrogen) atoms. The minimum absolute atomic E-state index is 0.221. The summed E-state index contributed by atoms with van der Waals surface area (Å²) in [5.41, 5.74) is 9.00. The molecule has 8 heterocycles. The van der Waals surface area contributed by atoms with Crippen molar-refractivity contribution in [3.63, 3.8) is 0 Å². The van der Waals surface area contributed by atoms with Gasteiger partial charge in [-0.15, -0.1) is 34.0 Å². The summed E-state index contributed by atoms with van der Waals surface area (Å²) in [5.74, 6) is 1.40. The van der Waals surface area contributed by atoms with Gasteiger partial charge in [0.1, 0.15) is 28.6 Å². The smallest absolute Gasteiger partial charge is 0.367 e. The lowest BCUT2D eigenvalue weighted by Crippen LogP contribution is -2.34. The third kappa shape index (κ3) is 25.2. The van der Waals surface area contributed by atoms with E-state index in [2.05, 4.69) is 125 Å². The lowest BCUT2D eigenvalue weighted by Gasteiger charge is -2.33. The van der Waals surface area contributed by atoms with E-state index >= 15 is 0 Å². The van der Waals surface area contributed by atoms with Crippen LogP contribution in [0, 0.1) is 47.3 Å². The zero-order chi connectivity index (χ0) is 78.4. The summed E-state index contributed by atoms with van der Waals surface area (Å²) in [6.45, 7) is 40.1. The normalized spacial score (nSPS) is 16.9. The second-order valence-electron chi connectivity index (χ2n) is 31.6. The van der Waals surface area contributed by atoms with Gasteiger partial charge in [0.05, 0.1) is 32.3 Å². The van der Waals surface area contributed by atoms with Crippen LogP contribution in [-0.2, 0) is 38.5 Å². The van der Waals surface area contributed by atoms with E-state index in [4.69, 9.17) is 23.8 Å². The van der Waals surface area contributed by atoms with Crippen molar-refractivity contribution >= 4 is 127 Å². The molecule has 0 N–H and O–H groups in total. The molecule has 2 unspecified atom stereocenters. The fourth-order valence-corrected chi connectivity index (χ4v) is 14.4. The largest absolute Gasteiger partial charge is 0.441 e. The SMILES string of the molecule is CCCCC(CC)CN(CC(CC)CCCC)c1cc(C)c(C=CC=C2C(=O)ON=C2C(C)(C)C)c(C)c1.CN(C)c1ccc(-c2ccc(C=C3C(=O)ON=C3C(C)(C)C)s2)s1.CN(C)c1ccc(/C=C/C=C/C=C2\C(=O)ON=C2C(C)(C)C)s1.CN(C)c1ccc(/C=C/C=C2\C(=O)ON=C2C(C)(C)C)o1. The van der Waals surface area contributed by atoms with Gasteiger partial charge in [-0.25, -0.2) is 19.2 Å². The number of carbonyl (C=O) groups excluding carboxylic acids is 4. The minimum Gasteiger partial charge on any atom is -0.441 e. The van der Waals surface area contributed by atoms with E-state index in [0.717, 1.165) is 41.4 Å². The van der Waals surface area contributed by atoms with Crippen LogP contribution in [0.3, 0.4) is 0 Å². The topological polar surface area (TPSA) is 181 Å². The molecule has 0 radical (unpaired) electrons. The molecule has 572 valence electrons. The first kappa shape index (κ1) is 86.2. The highest BCUT2D eigenvalue weighted by Gasteiger charge is 2.37. The first-order chi connectivity index (χ1) is 49.9. The highest BCUT2D eigenvalue weighted by atomic mass is 32.1. The van der Waals surface area contributed by atoms with Crippen LogP contribution in [0.2, 0.25) is 0 Å². The van der Waals surface area contributed by atoms with Crippen LogP contribution in [0.1, 0.15) is 194 Å². The monoisotopic (exact) mass is 1500 g/mol. The fourth-order valence-electron chi connectivity index (χ4n) is 11.6. The van der Waals surface area contributed by atoms with Gasteiger partial charge in [0.2, 0.25) is 0 Å². The van der Waals surface area contributed by atoms with E-state index in [0.29, 0.717) is 45.1 Å². The molecule has 4 aliphatic heterocycles. The second kappa shape index (κ2) is 39.2. The van der Waals surface area contributed by atoms with Crippen molar-refractivity contribution in [2.45, 2.75) is 176 Å². The number of benzene rings is 1. The molecule has 0 bridgehead atoms. The molecule has 0 spiro atoms. The van der Waals surface area contributed by atoms with Crippen LogP contribution in [-0.4, -0.2) is 102 Å². The Balaban J connectivity index is 0.000000228. The van der Waals surface area contributed by atoms with Crippen LogP contribution in [0.4, 0.5) is 21.6 Å². The van der Waals surface area contributed by atoms with Crippen molar-refractivity contribution in [3.8, 4) is 9.75 Å². The Morgan fingerprint density at radius 3 is 1.28 bits per heavy atom. The summed E-state index contributed by atoms with van der Waals surface area (Å²) in [6, 6.07) is 21.1. The molecule has 9 rings (SSSR count). The van der Waals surface area contributed by atoms with Crippen LogP contribution in [0.25, 0.3) is 34.1 Å². The van der Waals surface area contributed by atoms with E-state index in [1.165, 1.54) is 98.4 Å². The number of oxime groups is 4. The van der Waals surface area contributed by atoms with Gasteiger partial charge in [-0.1, -0.05) is 206 Å². The molecule has 20 heteroatoms.